The molecule has 0 bridgehead atoms. The maximum Gasteiger partial charge on any atom is 0.245 e. The molecule has 2 amide bonds. The summed E-state index contributed by atoms with van der Waals surface area (Å²) in [5.74, 6) is 2.30. The van der Waals surface area contributed by atoms with Crippen molar-refractivity contribution in [3.8, 4) is 12.3 Å². The second kappa shape index (κ2) is 4.66. The van der Waals surface area contributed by atoms with Crippen LogP contribution < -0.4 is 5.32 Å². The largest absolute Gasteiger partial charge is 0.344 e. The third kappa shape index (κ3) is 2.25. The van der Waals surface area contributed by atoms with Gasteiger partial charge in [-0.2, -0.15) is 0 Å². The lowest BCUT2D eigenvalue weighted by molar-refractivity contribution is -0.133. The van der Waals surface area contributed by atoms with Crippen LogP contribution >= 0.6 is 0 Å². The number of nitrogens with zero attached hydrogens (tertiary/aromatic N) is 1. The standard InChI is InChI=1S/C10H14N2O2/c1-3-7-12(4-2)10(14)8-5-6-9(13)11-8/h1,8H,4-7H2,2H3,(H,11,13). The number of rotatable bonds is 3. The number of hydrogen-bond acceptors (Lipinski definition) is 2. The van der Waals surface area contributed by atoms with Crippen LogP contribution in [0.1, 0.15) is 19.8 Å². The zero-order chi connectivity index (χ0) is 10.6. The van der Waals surface area contributed by atoms with Crippen LogP contribution in [0.15, 0.2) is 0 Å². The molecule has 1 rings (SSSR count). The summed E-state index contributed by atoms with van der Waals surface area (Å²) in [6.07, 6.45) is 6.15. The molecule has 1 saturated heterocycles. The van der Waals surface area contributed by atoms with Crippen LogP contribution in [0.25, 0.3) is 0 Å². The summed E-state index contributed by atoms with van der Waals surface area (Å²) in [6.45, 7) is 2.75. The summed E-state index contributed by atoms with van der Waals surface area (Å²) >= 11 is 0. The Bertz CT molecular complexity index is 280. The van der Waals surface area contributed by atoms with Crippen LogP contribution in [0.3, 0.4) is 0 Å². The van der Waals surface area contributed by atoms with Crippen molar-refractivity contribution in [3.05, 3.63) is 0 Å². The first-order valence-corrected chi connectivity index (χ1v) is 4.70. The number of terminal acetylenes is 1. The van der Waals surface area contributed by atoms with E-state index in [9.17, 15) is 9.59 Å². The lowest BCUT2D eigenvalue weighted by Crippen LogP contribution is -2.44. The van der Waals surface area contributed by atoms with Crippen molar-refractivity contribution < 1.29 is 9.59 Å². The average molecular weight is 194 g/mol. The van der Waals surface area contributed by atoms with Gasteiger partial charge in [0.05, 0.1) is 6.54 Å². The fraction of sp³-hybridized carbons (Fsp3) is 0.600. The molecule has 0 aromatic heterocycles. The molecule has 1 aliphatic heterocycles. The molecule has 1 fully saturated rings. The van der Waals surface area contributed by atoms with Crippen LogP contribution in [0, 0.1) is 12.3 Å². The van der Waals surface area contributed by atoms with Gasteiger partial charge < -0.3 is 10.2 Å². The van der Waals surface area contributed by atoms with Crippen molar-refractivity contribution in [1.29, 1.82) is 0 Å². The number of amides is 2. The van der Waals surface area contributed by atoms with Gasteiger partial charge in [-0.05, 0) is 13.3 Å². The van der Waals surface area contributed by atoms with Gasteiger partial charge in [-0.25, -0.2) is 0 Å². The van der Waals surface area contributed by atoms with Gasteiger partial charge in [0.15, 0.2) is 0 Å². The van der Waals surface area contributed by atoms with E-state index in [1.807, 2.05) is 6.92 Å². The third-order valence-electron chi connectivity index (χ3n) is 2.27. The van der Waals surface area contributed by atoms with E-state index >= 15 is 0 Å². The van der Waals surface area contributed by atoms with Gasteiger partial charge >= 0.3 is 0 Å². The fourth-order valence-electron chi connectivity index (χ4n) is 1.48. The first-order chi connectivity index (χ1) is 6.69. The predicted octanol–water partition coefficient (Wildman–Crippen LogP) is -0.253. The Morgan fingerprint density at radius 1 is 1.79 bits per heavy atom. The van der Waals surface area contributed by atoms with Crippen molar-refractivity contribution in [2.24, 2.45) is 0 Å². The Kier molecular flexibility index (Phi) is 3.52. The van der Waals surface area contributed by atoms with Crippen molar-refractivity contribution in [3.63, 3.8) is 0 Å². The molecule has 0 spiro atoms. The van der Waals surface area contributed by atoms with E-state index in [0.29, 0.717) is 25.9 Å². The highest BCUT2D eigenvalue weighted by molar-refractivity contribution is 5.90. The van der Waals surface area contributed by atoms with Crippen LogP contribution in [-0.4, -0.2) is 35.8 Å². The van der Waals surface area contributed by atoms with Gasteiger partial charge in [0, 0.05) is 13.0 Å². The Morgan fingerprint density at radius 2 is 2.50 bits per heavy atom. The Morgan fingerprint density at radius 3 is 2.93 bits per heavy atom. The molecule has 0 aromatic carbocycles. The van der Waals surface area contributed by atoms with E-state index in [1.165, 1.54) is 0 Å². The molecule has 0 aliphatic carbocycles. The summed E-state index contributed by atoms with van der Waals surface area (Å²) in [5.41, 5.74) is 0. The van der Waals surface area contributed by atoms with Gasteiger partial charge in [-0.1, -0.05) is 5.92 Å². The van der Waals surface area contributed by atoms with E-state index in [4.69, 9.17) is 6.42 Å². The number of carbonyl (C=O) groups excluding carboxylic acids is 2. The van der Waals surface area contributed by atoms with E-state index in [0.717, 1.165) is 0 Å². The minimum Gasteiger partial charge on any atom is -0.344 e. The van der Waals surface area contributed by atoms with Crippen LogP contribution in [0.5, 0.6) is 0 Å². The molecular formula is C10H14N2O2. The molecule has 1 aliphatic rings. The SMILES string of the molecule is C#CCN(CC)C(=O)C1CCC(=O)N1. The lowest BCUT2D eigenvalue weighted by Gasteiger charge is -2.21. The number of likely N-dealkylation sites (N-methyl/N-ethyl adjacent to an activating group) is 1. The molecule has 1 unspecified atom stereocenters. The smallest absolute Gasteiger partial charge is 0.245 e. The van der Waals surface area contributed by atoms with Crippen molar-refractivity contribution in [2.45, 2.75) is 25.8 Å². The van der Waals surface area contributed by atoms with Crippen LogP contribution in [0.4, 0.5) is 0 Å². The highest BCUT2D eigenvalue weighted by atomic mass is 16.2. The highest BCUT2D eigenvalue weighted by Crippen LogP contribution is 2.09. The summed E-state index contributed by atoms with van der Waals surface area (Å²) in [5, 5.41) is 2.63. The van der Waals surface area contributed by atoms with E-state index < -0.39 is 0 Å². The number of hydrogen-bond donors (Lipinski definition) is 1. The van der Waals surface area contributed by atoms with Gasteiger partial charge in [0.2, 0.25) is 11.8 Å². The van der Waals surface area contributed by atoms with Crippen LogP contribution in [0.2, 0.25) is 0 Å². The Labute approximate surface area is 83.6 Å². The van der Waals surface area contributed by atoms with Crippen molar-refractivity contribution in [1.82, 2.24) is 10.2 Å². The summed E-state index contributed by atoms with van der Waals surface area (Å²) in [7, 11) is 0. The summed E-state index contributed by atoms with van der Waals surface area (Å²) < 4.78 is 0. The Balaban J connectivity index is 2.55. The van der Waals surface area contributed by atoms with Gasteiger partial charge in [-0.15, -0.1) is 6.42 Å². The van der Waals surface area contributed by atoms with Crippen LogP contribution in [-0.2, 0) is 9.59 Å². The molecule has 0 aromatic rings. The second-order valence-corrected chi connectivity index (χ2v) is 3.22. The molecule has 4 heteroatoms. The van der Waals surface area contributed by atoms with E-state index in [1.54, 1.807) is 4.90 Å². The monoisotopic (exact) mass is 194 g/mol. The first kappa shape index (κ1) is 10.6. The molecule has 76 valence electrons. The average Bonchev–Trinajstić information content (AvgIpc) is 2.60. The number of nitrogens with one attached hydrogen (secondary N) is 1. The van der Waals surface area contributed by atoms with E-state index in [-0.39, 0.29) is 17.9 Å². The predicted molar refractivity (Wildman–Crippen MR) is 52.3 cm³/mol. The quantitative estimate of drug-likeness (QED) is 0.630. The minimum absolute atomic E-state index is 0.0555. The minimum atomic E-state index is -0.365. The maximum absolute atomic E-state index is 11.7. The zero-order valence-corrected chi connectivity index (χ0v) is 8.25. The molecule has 1 N–H and O–H groups in total. The van der Waals surface area contributed by atoms with Gasteiger partial charge in [0.1, 0.15) is 6.04 Å². The topological polar surface area (TPSA) is 49.4 Å². The zero-order valence-electron chi connectivity index (χ0n) is 8.25. The molecule has 0 saturated carbocycles. The molecule has 4 nitrogen and oxygen atoms in total. The van der Waals surface area contributed by atoms with Gasteiger partial charge in [-0.3, -0.25) is 9.59 Å². The summed E-state index contributed by atoms with van der Waals surface area (Å²) in [6, 6.07) is -0.365. The molecular weight excluding hydrogens is 180 g/mol. The maximum atomic E-state index is 11.7. The van der Waals surface area contributed by atoms with E-state index in [2.05, 4.69) is 11.2 Å². The third-order valence-corrected chi connectivity index (χ3v) is 2.27. The fourth-order valence-corrected chi connectivity index (χ4v) is 1.48. The summed E-state index contributed by atoms with van der Waals surface area (Å²) in [4.78, 5) is 24.2. The lowest BCUT2D eigenvalue weighted by atomic mass is 10.2. The van der Waals surface area contributed by atoms with Crippen molar-refractivity contribution in [2.75, 3.05) is 13.1 Å². The first-order valence-electron chi connectivity index (χ1n) is 4.70. The van der Waals surface area contributed by atoms with Gasteiger partial charge in [0.25, 0.3) is 0 Å². The Hall–Kier alpha value is -1.50. The molecule has 0 radical (unpaired) electrons. The molecule has 1 heterocycles. The highest BCUT2D eigenvalue weighted by Gasteiger charge is 2.29. The second-order valence-electron chi connectivity index (χ2n) is 3.22. The molecule has 14 heavy (non-hydrogen) atoms. The molecule has 1 atom stereocenters. The normalized spacial score (nSPS) is 20.0. The van der Waals surface area contributed by atoms with Crippen molar-refractivity contribution >= 4 is 11.8 Å². The number of carbonyl (C=O) groups is 2.